The zero-order valence-corrected chi connectivity index (χ0v) is 11.8. The molecule has 0 saturated carbocycles. The Labute approximate surface area is 121 Å². The zero-order valence-electron chi connectivity index (χ0n) is 11.8. The van der Waals surface area contributed by atoms with Crippen molar-refractivity contribution in [3.63, 3.8) is 0 Å². The highest BCUT2D eigenvalue weighted by Gasteiger charge is 2.10. The summed E-state index contributed by atoms with van der Waals surface area (Å²) in [5.41, 5.74) is 1.15. The minimum Gasteiger partial charge on any atom is -0.354 e. The van der Waals surface area contributed by atoms with Crippen LogP contribution in [-0.4, -0.2) is 33.9 Å². The van der Waals surface area contributed by atoms with Gasteiger partial charge in [-0.2, -0.15) is 0 Å². The molecule has 1 aromatic carbocycles. The van der Waals surface area contributed by atoms with Crippen LogP contribution in [0.3, 0.4) is 0 Å². The summed E-state index contributed by atoms with van der Waals surface area (Å²) < 4.78 is 0. The second kappa shape index (κ2) is 6.21. The van der Waals surface area contributed by atoms with E-state index < -0.39 is 4.92 Å². The average Bonchev–Trinajstić information content (AvgIpc) is 2.84. The standard InChI is InChI=1S/C13H17N5O3/c1-8(2)6-14-12(19)7-15-13-16-10-4-3-9(18(20)21)5-11(10)17-13/h3-5,8H,6-7H2,1-2H3,(H,14,19)(H2,15,16,17). The van der Waals surface area contributed by atoms with E-state index in [1.807, 2.05) is 13.8 Å². The van der Waals surface area contributed by atoms with Crippen molar-refractivity contribution in [3.05, 3.63) is 28.3 Å². The van der Waals surface area contributed by atoms with E-state index in [-0.39, 0.29) is 18.1 Å². The van der Waals surface area contributed by atoms with Gasteiger partial charge < -0.3 is 15.6 Å². The van der Waals surface area contributed by atoms with Crippen LogP contribution in [0.5, 0.6) is 0 Å². The molecule has 0 aliphatic heterocycles. The van der Waals surface area contributed by atoms with Crippen LogP contribution in [0.1, 0.15) is 13.8 Å². The summed E-state index contributed by atoms with van der Waals surface area (Å²) in [4.78, 5) is 28.9. The Kier molecular flexibility index (Phi) is 4.36. The SMILES string of the molecule is CC(C)CNC(=O)CNc1nc2ccc([N+](=O)[O-])cc2[nH]1. The van der Waals surface area contributed by atoms with E-state index in [1.54, 1.807) is 6.07 Å². The third-order valence-corrected chi connectivity index (χ3v) is 2.80. The number of carbonyl (C=O) groups excluding carboxylic acids is 1. The van der Waals surface area contributed by atoms with Crippen LogP contribution in [0, 0.1) is 16.0 Å². The number of nitrogens with zero attached hydrogens (tertiary/aromatic N) is 2. The smallest absolute Gasteiger partial charge is 0.271 e. The fraction of sp³-hybridized carbons (Fsp3) is 0.385. The molecule has 8 nitrogen and oxygen atoms in total. The predicted molar refractivity (Wildman–Crippen MR) is 79.1 cm³/mol. The molecule has 0 bridgehead atoms. The van der Waals surface area contributed by atoms with Crippen LogP contribution in [0.4, 0.5) is 11.6 Å². The zero-order chi connectivity index (χ0) is 15.4. The number of hydrogen-bond donors (Lipinski definition) is 3. The van der Waals surface area contributed by atoms with Crippen molar-refractivity contribution in [1.29, 1.82) is 0 Å². The van der Waals surface area contributed by atoms with Gasteiger partial charge in [0.1, 0.15) is 0 Å². The number of non-ortho nitro benzene ring substituents is 1. The Morgan fingerprint density at radius 3 is 2.90 bits per heavy atom. The number of aromatic nitrogens is 2. The third kappa shape index (κ3) is 3.91. The number of anilines is 1. The van der Waals surface area contributed by atoms with Gasteiger partial charge in [-0.3, -0.25) is 14.9 Å². The van der Waals surface area contributed by atoms with Gasteiger partial charge in [-0.1, -0.05) is 13.8 Å². The molecule has 1 amide bonds. The molecule has 2 rings (SSSR count). The molecule has 1 heterocycles. The predicted octanol–water partition coefficient (Wildman–Crippen LogP) is 1.66. The minimum atomic E-state index is -0.466. The number of imidazole rings is 1. The van der Waals surface area contributed by atoms with Crippen molar-refractivity contribution in [2.24, 2.45) is 5.92 Å². The molecule has 0 radical (unpaired) electrons. The fourth-order valence-corrected chi connectivity index (χ4v) is 1.74. The first-order valence-corrected chi connectivity index (χ1v) is 6.60. The first kappa shape index (κ1) is 14.8. The van der Waals surface area contributed by atoms with E-state index in [9.17, 15) is 14.9 Å². The number of hydrogen-bond acceptors (Lipinski definition) is 5. The van der Waals surface area contributed by atoms with E-state index in [1.165, 1.54) is 12.1 Å². The van der Waals surface area contributed by atoms with E-state index in [2.05, 4.69) is 20.6 Å². The molecule has 3 N–H and O–H groups in total. The highest BCUT2D eigenvalue weighted by Crippen LogP contribution is 2.20. The van der Waals surface area contributed by atoms with Crippen LogP contribution >= 0.6 is 0 Å². The highest BCUT2D eigenvalue weighted by molar-refractivity contribution is 5.82. The number of nitrogens with one attached hydrogen (secondary N) is 3. The number of nitro benzene ring substituents is 1. The lowest BCUT2D eigenvalue weighted by molar-refractivity contribution is -0.384. The molecule has 112 valence electrons. The molecule has 8 heteroatoms. The largest absolute Gasteiger partial charge is 0.354 e. The van der Waals surface area contributed by atoms with Crippen molar-refractivity contribution in [3.8, 4) is 0 Å². The lowest BCUT2D eigenvalue weighted by Gasteiger charge is -2.07. The molecule has 0 aliphatic rings. The Morgan fingerprint density at radius 2 is 2.24 bits per heavy atom. The molecule has 0 atom stereocenters. The number of nitro groups is 1. The molecule has 0 fully saturated rings. The minimum absolute atomic E-state index is 0.00706. The number of H-pyrrole nitrogens is 1. The first-order chi connectivity index (χ1) is 9.95. The van der Waals surface area contributed by atoms with Crippen LogP contribution in [0.2, 0.25) is 0 Å². The molecular formula is C13H17N5O3. The Hall–Kier alpha value is -2.64. The summed E-state index contributed by atoms with van der Waals surface area (Å²) in [6, 6.07) is 4.36. The Balaban J connectivity index is 1.99. The van der Waals surface area contributed by atoms with Crippen molar-refractivity contribution in [1.82, 2.24) is 15.3 Å². The van der Waals surface area contributed by atoms with Crippen molar-refractivity contribution in [2.75, 3.05) is 18.4 Å². The van der Waals surface area contributed by atoms with Gasteiger partial charge in [0.15, 0.2) is 0 Å². The van der Waals surface area contributed by atoms with Gasteiger partial charge in [0, 0.05) is 18.7 Å². The lowest BCUT2D eigenvalue weighted by atomic mass is 10.2. The van der Waals surface area contributed by atoms with Gasteiger partial charge in [-0.05, 0) is 12.0 Å². The van der Waals surface area contributed by atoms with Gasteiger partial charge >= 0.3 is 0 Å². The second-order valence-electron chi connectivity index (χ2n) is 5.10. The molecule has 0 saturated heterocycles. The summed E-state index contributed by atoms with van der Waals surface area (Å²) >= 11 is 0. The summed E-state index contributed by atoms with van der Waals surface area (Å²) in [6.07, 6.45) is 0. The van der Waals surface area contributed by atoms with Gasteiger partial charge in [0.05, 0.1) is 22.5 Å². The molecule has 0 unspecified atom stereocenters. The second-order valence-corrected chi connectivity index (χ2v) is 5.10. The number of fused-ring (bicyclic) bond motifs is 1. The summed E-state index contributed by atoms with van der Waals surface area (Å²) in [5, 5.41) is 16.3. The third-order valence-electron chi connectivity index (χ3n) is 2.80. The number of aromatic amines is 1. The lowest BCUT2D eigenvalue weighted by Crippen LogP contribution is -2.32. The topological polar surface area (TPSA) is 113 Å². The van der Waals surface area contributed by atoms with Gasteiger partial charge in [0.25, 0.3) is 5.69 Å². The summed E-state index contributed by atoms with van der Waals surface area (Å²) in [5.74, 6) is 0.668. The maximum absolute atomic E-state index is 11.6. The van der Waals surface area contributed by atoms with Crippen LogP contribution < -0.4 is 10.6 Å². The van der Waals surface area contributed by atoms with E-state index >= 15 is 0 Å². The summed E-state index contributed by atoms with van der Waals surface area (Å²) in [6.45, 7) is 4.74. The molecule has 0 aliphatic carbocycles. The number of carbonyl (C=O) groups is 1. The van der Waals surface area contributed by atoms with Crippen molar-refractivity contribution >= 4 is 28.6 Å². The van der Waals surface area contributed by atoms with Gasteiger partial charge in [0.2, 0.25) is 11.9 Å². The maximum Gasteiger partial charge on any atom is 0.271 e. The van der Waals surface area contributed by atoms with E-state index in [4.69, 9.17) is 0 Å². The van der Waals surface area contributed by atoms with Crippen LogP contribution in [0.15, 0.2) is 18.2 Å². The Bertz CT molecular complexity index is 665. The highest BCUT2D eigenvalue weighted by atomic mass is 16.6. The van der Waals surface area contributed by atoms with Gasteiger partial charge in [-0.25, -0.2) is 4.98 Å². The Morgan fingerprint density at radius 1 is 1.48 bits per heavy atom. The van der Waals surface area contributed by atoms with Crippen LogP contribution in [0.25, 0.3) is 11.0 Å². The number of amides is 1. The average molecular weight is 291 g/mol. The van der Waals surface area contributed by atoms with Crippen LogP contribution in [-0.2, 0) is 4.79 Å². The first-order valence-electron chi connectivity index (χ1n) is 6.60. The number of benzene rings is 1. The molecule has 21 heavy (non-hydrogen) atoms. The van der Waals surface area contributed by atoms with Crippen molar-refractivity contribution < 1.29 is 9.72 Å². The molecule has 1 aromatic heterocycles. The van der Waals surface area contributed by atoms with E-state index in [0.29, 0.717) is 29.4 Å². The summed E-state index contributed by atoms with van der Waals surface area (Å²) in [7, 11) is 0. The normalized spacial score (nSPS) is 10.8. The van der Waals surface area contributed by atoms with Crippen molar-refractivity contribution in [2.45, 2.75) is 13.8 Å². The molecule has 0 spiro atoms. The van der Waals surface area contributed by atoms with E-state index in [0.717, 1.165) is 0 Å². The fourth-order valence-electron chi connectivity index (χ4n) is 1.74. The quantitative estimate of drug-likeness (QED) is 0.553. The number of rotatable bonds is 6. The van der Waals surface area contributed by atoms with Gasteiger partial charge in [-0.15, -0.1) is 0 Å². The monoisotopic (exact) mass is 291 g/mol. The maximum atomic E-state index is 11.6. The molecule has 2 aromatic rings. The molecular weight excluding hydrogens is 274 g/mol.